The van der Waals surface area contributed by atoms with Crippen LogP contribution in [0.4, 0.5) is 5.82 Å². The van der Waals surface area contributed by atoms with Crippen molar-refractivity contribution < 1.29 is 5.11 Å². The molecule has 0 bridgehead atoms. The van der Waals surface area contributed by atoms with Crippen LogP contribution in [0.1, 0.15) is 22.9 Å². The number of hydrogen-bond donors (Lipinski definition) is 3. The van der Waals surface area contributed by atoms with E-state index in [4.69, 9.17) is 28.9 Å². The van der Waals surface area contributed by atoms with Gasteiger partial charge in [-0.15, -0.1) is 12.4 Å². The van der Waals surface area contributed by atoms with E-state index in [1.165, 1.54) is 23.3 Å². The van der Waals surface area contributed by atoms with Crippen molar-refractivity contribution in [2.75, 3.05) is 5.73 Å². The fourth-order valence-electron chi connectivity index (χ4n) is 3.82. The Kier molecular flexibility index (Phi) is 5.02. The van der Waals surface area contributed by atoms with Crippen molar-refractivity contribution in [2.45, 2.75) is 18.8 Å². The van der Waals surface area contributed by atoms with Gasteiger partial charge in [0, 0.05) is 11.5 Å². The molecule has 6 nitrogen and oxygen atoms in total. The minimum Gasteiger partial charge on any atom is -0.506 e. The number of aromatic hydroxyl groups is 1. The number of phenols is 1. The van der Waals surface area contributed by atoms with Crippen LogP contribution in [-0.2, 0) is 12.8 Å². The Morgan fingerprint density at radius 2 is 1.72 bits per heavy atom. The second kappa shape index (κ2) is 7.37. The Morgan fingerprint density at radius 3 is 2.41 bits per heavy atom. The van der Waals surface area contributed by atoms with E-state index < -0.39 is 0 Å². The molecule has 1 aliphatic carbocycles. The summed E-state index contributed by atoms with van der Waals surface area (Å²) in [5, 5.41) is 18.3. The molecule has 0 atom stereocenters. The molecule has 1 aliphatic rings. The maximum Gasteiger partial charge on any atom is 0.187 e. The van der Waals surface area contributed by atoms with E-state index in [2.05, 4.69) is 32.3 Å². The van der Waals surface area contributed by atoms with Crippen LogP contribution < -0.4 is 5.73 Å². The molecule has 5 rings (SSSR count). The maximum atomic E-state index is 9.95. The fourth-order valence-corrected chi connectivity index (χ4v) is 4.29. The number of H-pyrrole nitrogens is 1. The van der Waals surface area contributed by atoms with E-state index in [9.17, 15) is 5.11 Å². The third kappa shape index (κ3) is 3.27. The van der Waals surface area contributed by atoms with Gasteiger partial charge in [0.25, 0.3) is 0 Å². The molecule has 2 heterocycles. The maximum absolute atomic E-state index is 9.95. The van der Waals surface area contributed by atoms with Crippen molar-refractivity contribution >= 4 is 52.5 Å². The second-order valence-corrected chi connectivity index (χ2v) is 7.74. The third-order valence-electron chi connectivity index (χ3n) is 5.18. The van der Waals surface area contributed by atoms with E-state index in [0.29, 0.717) is 39.0 Å². The number of benzene rings is 2. The van der Waals surface area contributed by atoms with Crippen LogP contribution in [0.2, 0.25) is 10.0 Å². The summed E-state index contributed by atoms with van der Waals surface area (Å²) in [4.78, 5) is 9.22. The molecule has 4 N–H and O–H groups in total. The van der Waals surface area contributed by atoms with Crippen LogP contribution in [0, 0.1) is 0 Å². The van der Waals surface area contributed by atoms with Crippen LogP contribution in [0.25, 0.3) is 22.3 Å². The van der Waals surface area contributed by atoms with Gasteiger partial charge >= 0.3 is 0 Å². The lowest BCUT2D eigenvalue weighted by molar-refractivity contribution is 0.476. The second-order valence-electron chi connectivity index (χ2n) is 6.92. The first kappa shape index (κ1) is 19.8. The summed E-state index contributed by atoms with van der Waals surface area (Å²) in [5.41, 5.74) is 10.5. The molecule has 4 aromatic rings. The topological polar surface area (TPSA) is 101 Å². The molecule has 0 fully saturated rings. The average molecular weight is 449 g/mol. The van der Waals surface area contributed by atoms with Crippen molar-refractivity contribution in [1.82, 2.24) is 20.2 Å². The zero-order valence-corrected chi connectivity index (χ0v) is 17.3. The number of nitrogens with zero attached hydrogens (tertiary/aromatic N) is 3. The SMILES string of the molecule is Cl.Nc1nc(C2Cc3ccccc3C2)nc2n[nH]c(-c3cc(O)c(Cl)cc3Cl)c12. The monoisotopic (exact) mass is 447 g/mol. The number of nitrogen functional groups attached to an aromatic ring is 1. The van der Waals surface area contributed by atoms with E-state index in [1.54, 1.807) is 0 Å². The summed E-state index contributed by atoms with van der Waals surface area (Å²) in [6.45, 7) is 0. The number of anilines is 1. The summed E-state index contributed by atoms with van der Waals surface area (Å²) in [6.07, 6.45) is 1.77. The van der Waals surface area contributed by atoms with E-state index in [1.807, 2.05) is 12.1 Å². The average Bonchev–Trinajstić information content (AvgIpc) is 3.29. The Morgan fingerprint density at radius 1 is 1.03 bits per heavy atom. The number of aromatic nitrogens is 4. The lowest BCUT2D eigenvalue weighted by Gasteiger charge is -2.09. The molecule has 148 valence electrons. The molecule has 0 unspecified atom stereocenters. The first-order valence-electron chi connectivity index (χ1n) is 8.78. The summed E-state index contributed by atoms with van der Waals surface area (Å²) in [6, 6.07) is 11.3. The van der Waals surface area contributed by atoms with Crippen molar-refractivity contribution in [3.63, 3.8) is 0 Å². The lowest BCUT2D eigenvalue weighted by Crippen LogP contribution is -2.07. The number of hydrogen-bond acceptors (Lipinski definition) is 5. The zero-order chi connectivity index (χ0) is 19.4. The Balaban J connectivity index is 0.00000205. The van der Waals surface area contributed by atoms with Gasteiger partial charge in [0.2, 0.25) is 0 Å². The molecule has 2 aromatic heterocycles. The van der Waals surface area contributed by atoms with Gasteiger partial charge in [-0.1, -0.05) is 47.5 Å². The van der Waals surface area contributed by atoms with Crippen molar-refractivity contribution in [1.29, 1.82) is 0 Å². The van der Waals surface area contributed by atoms with Crippen molar-refractivity contribution in [3.05, 3.63) is 63.4 Å². The Labute approximate surface area is 182 Å². The number of halogens is 3. The molecule has 0 aliphatic heterocycles. The van der Waals surface area contributed by atoms with Crippen LogP contribution >= 0.6 is 35.6 Å². The van der Waals surface area contributed by atoms with Crippen LogP contribution in [-0.4, -0.2) is 25.3 Å². The molecule has 0 spiro atoms. The lowest BCUT2D eigenvalue weighted by atomic mass is 10.0. The Hall–Kier alpha value is -2.54. The summed E-state index contributed by atoms with van der Waals surface area (Å²) in [7, 11) is 0. The van der Waals surface area contributed by atoms with E-state index in [-0.39, 0.29) is 29.1 Å². The quantitative estimate of drug-likeness (QED) is 0.404. The van der Waals surface area contributed by atoms with Gasteiger partial charge in [-0.25, -0.2) is 9.97 Å². The molecule has 0 saturated heterocycles. The molecular formula is C20H16Cl3N5O. The first-order valence-corrected chi connectivity index (χ1v) is 9.53. The molecule has 2 aromatic carbocycles. The standard InChI is InChI=1S/C20H15Cl2N5O.ClH/c21-13-8-14(22)15(28)7-12(13)17-16-18(23)24-19(25-20(16)27-26-17)11-5-9-3-1-2-4-10(9)6-11;/h1-4,7-8,11,28H,5-6H2,(H3,23,24,25,26,27);1H. The van der Waals surface area contributed by atoms with E-state index >= 15 is 0 Å². The third-order valence-corrected chi connectivity index (χ3v) is 5.80. The van der Waals surface area contributed by atoms with Gasteiger partial charge in [-0.05, 0) is 36.1 Å². The predicted octanol–water partition coefficient (Wildman–Crippen LogP) is 4.92. The van der Waals surface area contributed by atoms with E-state index in [0.717, 1.165) is 12.8 Å². The van der Waals surface area contributed by atoms with Crippen molar-refractivity contribution in [3.8, 4) is 17.0 Å². The minimum atomic E-state index is -0.0800. The van der Waals surface area contributed by atoms with Gasteiger partial charge in [-0.2, -0.15) is 5.10 Å². The highest BCUT2D eigenvalue weighted by molar-refractivity contribution is 6.37. The van der Waals surface area contributed by atoms with Gasteiger partial charge in [0.05, 0.1) is 21.1 Å². The smallest absolute Gasteiger partial charge is 0.187 e. The normalized spacial score (nSPS) is 13.4. The van der Waals surface area contributed by atoms with Gasteiger partial charge < -0.3 is 10.8 Å². The van der Waals surface area contributed by atoms with Gasteiger partial charge in [0.1, 0.15) is 17.4 Å². The number of phenolic OH excluding ortho intramolecular Hbond substituents is 1. The Bertz CT molecular complexity index is 1220. The highest BCUT2D eigenvalue weighted by atomic mass is 35.5. The predicted molar refractivity (Wildman–Crippen MR) is 117 cm³/mol. The number of nitrogens with two attached hydrogens (primary N) is 1. The van der Waals surface area contributed by atoms with Crippen LogP contribution in [0.15, 0.2) is 36.4 Å². The highest BCUT2D eigenvalue weighted by Crippen LogP contribution is 2.40. The molecule has 0 radical (unpaired) electrons. The fraction of sp³-hybridized carbons (Fsp3) is 0.150. The number of rotatable bonds is 2. The summed E-state index contributed by atoms with van der Waals surface area (Å²) >= 11 is 12.2. The minimum absolute atomic E-state index is 0. The molecular weight excluding hydrogens is 433 g/mol. The van der Waals surface area contributed by atoms with Crippen LogP contribution in [0.5, 0.6) is 5.75 Å². The molecule has 0 saturated carbocycles. The highest BCUT2D eigenvalue weighted by Gasteiger charge is 2.27. The molecule has 0 amide bonds. The first-order chi connectivity index (χ1) is 13.5. The largest absolute Gasteiger partial charge is 0.506 e. The number of aromatic amines is 1. The number of fused-ring (bicyclic) bond motifs is 2. The summed E-state index contributed by atoms with van der Waals surface area (Å²) in [5.74, 6) is 1.10. The molecule has 9 heteroatoms. The van der Waals surface area contributed by atoms with Gasteiger partial charge in [0.15, 0.2) is 5.65 Å². The number of nitrogens with one attached hydrogen (secondary N) is 1. The van der Waals surface area contributed by atoms with Gasteiger partial charge in [-0.3, -0.25) is 5.10 Å². The van der Waals surface area contributed by atoms with Crippen molar-refractivity contribution in [2.24, 2.45) is 0 Å². The summed E-state index contributed by atoms with van der Waals surface area (Å²) < 4.78 is 0. The molecule has 29 heavy (non-hydrogen) atoms. The van der Waals surface area contributed by atoms with Crippen LogP contribution in [0.3, 0.4) is 0 Å². The zero-order valence-electron chi connectivity index (χ0n) is 15.0.